The number of hydrogen-bond donors (Lipinski definition) is 0. The highest BCUT2D eigenvalue weighted by atomic mass is 79.9. The fraction of sp³-hybridized carbons (Fsp3) is 0.556. The Morgan fingerprint density at radius 1 is 1.50 bits per heavy atom. The Bertz CT molecular complexity index is 221. The van der Waals surface area contributed by atoms with Crippen molar-refractivity contribution in [3.05, 3.63) is 15.8 Å². The molecule has 68 valence electrons. The molecule has 2 nitrogen and oxygen atoms in total. The van der Waals surface area contributed by atoms with E-state index in [1.54, 1.807) is 6.92 Å². The minimum atomic E-state index is -0.224. The summed E-state index contributed by atoms with van der Waals surface area (Å²) in [6.07, 6.45) is 0.263. The van der Waals surface area contributed by atoms with E-state index in [2.05, 4.69) is 21.7 Å². The molecule has 0 aliphatic carbocycles. The van der Waals surface area contributed by atoms with Gasteiger partial charge in [0.15, 0.2) is 0 Å². The lowest BCUT2D eigenvalue weighted by atomic mass is 10.3. The number of hydrogen-bond acceptors (Lipinski definition) is 2. The first-order chi connectivity index (χ1) is 5.56. The van der Waals surface area contributed by atoms with E-state index in [0.717, 1.165) is 10.1 Å². The molecule has 0 aromatic carbocycles. The SMILES string of the molecule is CCOC(=O)CC(Br)=C=C(C)C. The third-order valence-electron chi connectivity index (χ3n) is 0.991. The molecule has 0 aromatic rings. The minimum absolute atomic E-state index is 0.224. The van der Waals surface area contributed by atoms with Crippen molar-refractivity contribution in [1.29, 1.82) is 0 Å². The summed E-state index contributed by atoms with van der Waals surface area (Å²) in [6.45, 7) is 6.06. The Kier molecular flexibility index (Phi) is 5.77. The molecule has 0 spiro atoms. The summed E-state index contributed by atoms with van der Waals surface area (Å²) in [4.78, 5) is 10.9. The fourth-order valence-electron chi connectivity index (χ4n) is 0.654. The second kappa shape index (κ2) is 6.04. The first-order valence-electron chi connectivity index (χ1n) is 3.80. The largest absolute Gasteiger partial charge is 0.466 e. The highest BCUT2D eigenvalue weighted by molar-refractivity contribution is 9.11. The highest BCUT2D eigenvalue weighted by Gasteiger charge is 2.02. The average Bonchev–Trinajstić information content (AvgIpc) is 1.84. The number of esters is 1. The van der Waals surface area contributed by atoms with E-state index in [9.17, 15) is 4.79 Å². The quantitative estimate of drug-likeness (QED) is 0.553. The lowest BCUT2D eigenvalue weighted by Gasteiger charge is -1.98. The van der Waals surface area contributed by atoms with Crippen LogP contribution in [-0.4, -0.2) is 12.6 Å². The molecule has 3 heteroatoms. The van der Waals surface area contributed by atoms with Crippen LogP contribution in [0, 0.1) is 0 Å². The summed E-state index contributed by atoms with van der Waals surface area (Å²) in [5, 5.41) is 0. The zero-order chi connectivity index (χ0) is 9.56. The molecule has 0 atom stereocenters. The predicted molar refractivity (Wildman–Crippen MR) is 52.1 cm³/mol. The predicted octanol–water partition coefficient (Wildman–Crippen LogP) is 2.78. The summed E-state index contributed by atoms with van der Waals surface area (Å²) in [6, 6.07) is 0. The van der Waals surface area contributed by atoms with E-state index in [0.29, 0.717) is 6.61 Å². The highest BCUT2D eigenvalue weighted by Crippen LogP contribution is 2.10. The summed E-state index contributed by atoms with van der Waals surface area (Å²) in [7, 11) is 0. The van der Waals surface area contributed by atoms with Crippen LogP contribution in [0.3, 0.4) is 0 Å². The summed E-state index contributed by atoms with van der Waals surface area (Å²) < 4.78 is 5.49. The topological polar surface area (TPSA) is 26.3 Å². The van der Waals surface area contributed by atoms with Crippen molar-refractivity contribution >= 4 is 21.9 Å². The Hall–Kier alpha value is -0.530. The van der Waals surface area contributed by atoms with Crippen molar-refractivity contribution < 1.29 is 9.53 Å². The fourth-order valence-corrected chi connectivity index (χ4v) is 1.28. The molecule has 0 saturated carbocycles. The van der Waals surface area contributed by atoms with Gasteiger partial charge in [-0.1, -0.05) is 0 Å². The molecule has 0 fully saturated rings. The Balaban J connectivity index is 4.10. The number of rotatable bonds is 3. The lowest BCUT2D eigenvalue weighted by molar-refractivity contribution is -0.142. The van der Waals surface area contributed by atoms with Gasteiger partial charge in [-0.05, 0) is 42.3 Å². The van der Waals surface area contributed by atoms with E-state index in [4.69, 9.17) is 4.74 Å². The van der Waals surface area contributed by atoms with E-state index in [1.807, 2.05) is 13.8 Å². The first kappa shape index (κ1) is 11.5. The number of halogens is 1. The van der Waals surface area contributed by atoms with Crippen LogP contribution >= 0.6 is 15.9 Å². The summed E-state index contributed by atoms with van der Waals surface area (Å²) in [5.41, 5.74) is 4.01. The summed E-state index contributed by atoms with van der Waals surface area (Å²) in [5.74, 6) is -0.224. The van der Waals surface area contributed by atoms with Gasteiger partial charge in [-0.15, -0.1) is 5.73 Å². The standard InChI is InChI=1S/C9H13BrO2/c1-4-12-9(11)6-8(10)5-7(2)3/h4,6H2,1-3H3. The zero-order valence-corrected chi connectivity index (χ0v) is 9.19. The van der Waals surface area contributed by atoms with Crippen LogP contribution in [-0.2, 0) is 9.53 Å². The van der Waals surface area contributed by atoms with Crippen molar-refractivity contribution in [3.8, 4) is 0 Å². The third-order valence-corrected chi connectivity index (χ3v) is 1.47. The molecule has 0 bridgehead atoms. The molecule has 0 N–H and O–H groups in total. The van der Waals surface area contributed by atoms with Crippen molar-refractivity contribution in [2.45, 2.75) is 27.2 Å². The molecular weight excluding hydrogens is 220 g/mol. The van der Waals surface area contributed by atoms with Crippen LogP contribution < -0.4 is 0 Å². The molecule has 0 aliphatic heterocycles. The van der Waals surface area contributed by atoms with E-state index in [1.165, 1.54) is 0 Å². The number of ether oxygens (including phenoxy) is 1. The van der Waals surface area contributed by atoms with Gasteiger partial charge in [0.2, 0.25) is 0 Å². The average molecular weight is 233 g/mol. The maximum absolute atomic E-state index is 10.9. The van der Waals surface area contributed by atoms with Crippen molar-refractivity contribution in [2.24, 2.45) is 0 Å². The van der Waals surface area contributed by atoms with E-state index < -0.39 is 0 Å². The van der Waals surface area contributed by atoms with E-state index >= 15 is 0 Å². The molecule has 0 rings (SSSR count). The molecule has 0 heterocycles. The minimum Gasteiger partial charge on any atom is -0.466 e. The van der Waals surface area contributed by atoms with Crippen LogP contribution in [0.25, 0.3) is 0 Å². The third kappa shape index (κ3) is 6.20. The maximum Gasteiger partial charge on any atom is 0.311 e. The van der Waals surface area contributed by atoms with Crippen LogP contribution in [0.5, 0.6) is 0 Å². The van der Waals surface area contributed by atoms with Crippen LogP contribution in [0.4, 0.5) is 0 Å². The molecule has 0 radical (unpaired) electrons. The molecule has 0 unspecified atom stereocenters. The van der Waals surface area contributed by atoms with Crippen molar-refractivity contribution in [2.75, 3.05) is 6.61 Å². The normalized spacial score (nSPS) is 8.67. The van der Waals surface area contributed by atoms with Gasteiger partial charge >= 0.3 is 5.97 Å². The lowest BCUT2D eigenvalue weighted by Crippen LogP contribution is -2.02. The second-order valence-electron chi connectivity index (χ2n) is 2.51. The van der Waals surface area contributed by atoms with Gasteiger partial charge in [0.05, 0.1) is 13.0 Å². The van der Waals surface area contributed by atoms with E-state index in [-0.39, 0.29) is 12.4 Å². The van der Waals surface area contributed by atoms with Gasteiger partial charge in [0, 0.05) is 4.48 Å². The van der Waals surface area contributed by atoms with Crippen LogP contribution in [0.1, 0.15) is 27.2 Å². The van der Waals surface area contributed by atoms with Crippen LogP contribution in [0.2, 0.25) is 0 Å². The first-order valence-corrected chi connectivity index (χ1v) is 4.59. The smallest absolute Gasteiger partial charge is 0.311 e. The van der Waals surface area contributed by atoms with Crippen molar-refractivity contribution in [1.82, 2.24) is 0 Å². The Morgan fingerprint density at radius 2 is 2.08 bits per heavy atom. The molecule has 0 aromatic heterocycles. The number of carbonyl (C=O) groups is 1. The molecule has 0 aliphatic rings. The van der Waals surface area contributed by atoms with Crippen molar-refractivity contribution in [3.63, 3.8) is 0 Å². The van der Waals surface area contributed by atoms with Gasteiger partial charge in [0.25, 0.3) is 0 Å². The molecule has 12 heavy (non-hydrogen) atoms. The van der Waals surface area contributed by atoms with Gasteiger partial charge in [-0.25, -0.2) is 0 Å². The van der Waals surface area contributed by atoms with Gasteiger partial charge in [0.1, 0.15) is 0 Å². The zero-order valence-electron chi connectivity index (χ0n) is 7.61. The van der Waals surface area contributed by atoms with Gasteiger partial charge in [-0.2, -0.15) is 0 Å². The maximum atomic E-state index is 10.9. The summed E-state index contributed by atoms with van der Waals surface area (Å²) >= 11 is 3.23. The monoisotopic (exact) mass is 232 g/mol. The molecule has 0 amide bonds. The second-order valence-corrected chi connectivity index (χ2v) is 3.47. The Morgan fingerprint density at radius 3 is 2.50 bits per heavy atom. The van der Waals surface area contributed by atoms with Crippen LogP contribution in [0.15, 0.2) is 15.8 Å². The van der Waals surface area contributed by atoms with Gasteiger partial charge in [-0.3, -0.25) is 4.79 Å². The van der Waals surface area contributed by atoms with Gasteiger partial charge < -0.3 is 4.74 Å². The molecular formula is C9H13BrO2. The Labute approximate surface area is 81.4 Å². The number of carbonyl (C=O) groups excluding carboxylic acids is 1. The molecule has 0 saturated heterocycles.